The summed E-state index contributed by atoms with van der Waals surface area (Å²) in [5.74, 6) is 0.742. The Kier molecular flexibility index (Phi) is 5.92. The normalized spacial score (nSPS) is 23.1. The lowest BCUT2D eigenvalue weighted by atomic mass is 9.83. The minimum atomic E-state index is 0.742. The van der Waals surface area contributed by atoms with Crippen LogP contribution in [0.25, 0.3) is 0 Å². The van der Waals surface area contributed by atoms with Crippen molar-refractivity contribution in [1.29, 1.82) is 0 Å². The molecule has 1 aliphatic rings. The van der Waals surface area contributed by atoms with Gasteiger partial charge in [-0.15, -0.1) is 0 Å². The summed E-state index contributed by atoms with van der Waals surface area (Å²) in [6, 6.07) is 0. The smallest absolute Gasteiger partial charge is 0.0125 e. The monoisotopic (exact) mass is 216 g/mol. The first kappa shape index (κ1) is 13.0. The maximum absolute atomic E-state index is 2.40. The van der Waals surface area contributed by atoms with Crippen molar-refractivity contribution >= 4 is 0 Å². The summed E-state index contributed by atoms with van der Waals surface area (Å²) in [7, 11) is 0. The van der Waals surface area contributed by atoms with Crippen molar-refractivity contribution in [3.8, 4) is 0 Å². The third-order valence-corrected chi connectivity index (χ3v) is 3.31. The Morgan fingerprint density at radius 2 is 2.12 bits per heavy atom. The van der Waals surface area contributed by atoms with Crippen LogP contribution < -0.4 is 0 Å². The first-order chi connectivity index (χ1) is 7.79. The largest absolute Gasteiger partial charge is 0.0914 e. The fourth-order valence-electron chi connectivity index (χ4n) is 2.22. The van der Waals surface area contributed by atoms with Crippen LogP contribution in [0.15, 0.2) is 47.6 Å². The molecule has 0 amide bonds. The fraction of sp³-hybridized carbons (Fsp3) is 0.500. The zero-order valence-electron chi connectivity index (χ0n) is 10.9. The van der Waals surface area contributed by atoms with Crippen LogP contribution in [0.4, 0.5) is 0 Å². The molecule has 0 saturated heterocycles. The molecule has 0 aromatic rings. The molecule has 0 heterocycles. The molecular formula is C16H24. The standard InChI is InChI=1S/C16H24/c1-4-6-8-13-16(14(3)5-2)15-11-9-7-10-12-15/h4-7,9,13,15H,8,10-12H2,1-3H3/b6-4-,14-5+,16-13-. The molecule has 0 N–H and O–H groups in total. The van der Waals surface area contributed by atoms with Crippen LogP contribution in [0.3, 0.4) is 0 Å². The highest BCUT2D eigenvalue weighted by Crippen LogP contribution is 2.30. The minimum Gasteiger partial charge on any atom is -0.0914 e. The third-order valence-electron chi connectivity index (χ3n) is 3.31. The summed E-state index contributed by atoms with van der Waals surface area (Å²) >= 11 is 0. The third kappa shape index (κ3) is 3.84. The molecule has 0 spiro atoms. The second kappa shape index (κ2) is 7.27. The number of allylic oxidation sites excluding steroid dienone is 8. The van der Waals surface area contributed by atoms with Crippen molar-refractivity contribution in [3.63, 3.8) is 0 Å². The van der Waals surface area contributed by atoms with Gasteiger partial charge in [0.2, 0.25) is 0 Å². The Labute approximate surface area is 100 Å². The van der Waals surface area contributed by atoms with Gasteiger partial charge in [0.05, 0.1) is 0 Å². The molecule has 88 valence electrons. The SMILES string of the molecule is C/C=C\C/C=C(/C(C)=C/C)C1CC=CCC1. The van der Waals surface area contributed by atoms with Crippen LogP contribution in [-0.4, -0.2) is 0 Å². The van der Waals surface area contributed by atoms with Gasteiger partial charge in [-0.1, -0.05) is 42.0 Å². The van der Waals surface area contributed by atoms with E-state index in [9.17, 15) is 0 Å². The summed E-state index contributed by atoms with van der Waals surface area (Å²) < 4.78 is 0. The Morgan fingerprint density at radius 3 is 2.69 bits per heavy atom. The van der Waals surface area contributed by atoms with Crippen molar-refractivity contribution in [1.82, 2.24) is 0 Å². The molecule has 16 heavy (non-hydrogen) atoms. The quantitative estimate of drug-likeness (QED) is 0.447. The average Bonchev–Trinajstić information content (AvgIpc) is 2.35. The predicted octanol–water partition coefficient (Wildman–Crippen LogP) is 5.20. The number of rotatable bonds is 4. The highest BCUT2D eigenvalue weighted by Gasteiger charge is 2.15. The molecule has 0 saturated carbocycles. The Balaban J connectivity index is 2.77. The van der Waals surface area contributed by atoms with Crippen LogP contribution in [0.5, 0.6) is 0 Å². The van der Waals surface area contributed by atoms with Gasteiger partial charge < -0.3 is 0 Å². The van der Waals surface area contributed by atoms with Crippen molar-refractivity contribution in [2.45, 2.75) is 46.5 Å². The first-order valence-electron chi connectivity index (χ1n) is 6.39. The first-order valence-corrected chi connectivity index (χ1v) is 6.39. The Hall–Kier alpha value is -1.04. The zero-order chi connectivity index (χ0) is 11.8. The van der Waals surface area contributed by atoms with E-state index in [1.165, 1.54) is 24.8 Å². The van der Waals surface area contributed by atoms with Crippen LogP contribution >= 0.6 is 0 Å². The summed E-state index contributed by atoms with van der Waals surface area (Å²) in [5, 5.41) is 0. The molecular weight excluding hydrogens is 192 g/mol. The molecule has 0 nitrogen and oxygen atoms in total. The van der Waals surface area contributed by atoms with Crippen molar-refractivity contribution in [2.24, 2.45) is 5.92 Å². The maximum Gasteiger partial charge on any atom is -0.0125 e. The highest BCUT2D eigenvalue weighted by atomic mass is 14.2. The van der Waals surface area contributed by atoms with Crippen molar-refractivity contribution < 1.29 is 0 Å². The molecule has 0 aliphatic heterocycles. The lowest BCUT2D eigenvalue weighted by Gasteiger charge is -2.22. The van der Waals surface area contributed by atoms with E-state index in [4.69, 9.17) is 0 Å². The second-order valence-corrected chi connectivity index (χ2v) is 4.42. The van der Waals surface area contributed by atoms with Crippen LogP contribution in [0.2, 0.25) is 0 Å². The topological polar surface area (TPSA) is 0 Å². The van der Waals surface area contributed by atoms with E-state index in [-0.39, 0.29) is 0 Å². The van der Waals surface area contributed by atoms with Crippen molar-refractivity contribution in [2.75, 3.05) is 0 Å². The molecule has 1 aliphatic carbocycles. The summed E-state index contributed by atoms with van der Waals surface area (Å²) in [5.41, 5.74) is 3.01. The molecule has 1 rings (SSSR count). The average molecular weight is 216 g/mol. The Bertz CT molecular complexity index is 313. The van der Waals surface area contributed by atoms with Crippen LogP contribution in [-0.2, 0) is 0 Å². The second-order valence-electron chi connectivity index (χ2n) is 4.42. The van der Waals surface area contributed by atoms with Gasteiger partial charge in [-0.05, 0) is 57.9 Å². The van der Waals surface area contributed by atoms with Gasteiger partial charge in [0.15, 0.2) is 0 Å². The summed E-state index contributed by atoms with van der Waals surface area (Å²) in [6.45, 7) is 6.46. The van der Waals surface area contributed by atoms with Crippen LogP contribution in [0, 0.1) is 5.92 Å². The molecule has 0 aromatic heterocycles. The molecule has 0 heteroatoms. The van der Waals surface area contributed by atoms with Gasteiger partial charge in [0.25, 0.3) is 0 Å². The minimum absolute atomic E-state index is 0.742. The Morgan fingerprint density at radius 1 is 1.31 bits per heavy atom. The summed E-state index contributed by atoms with van der Waals surface area (Å²) in [4.78, 5) is 0. The van der Waals surface area contributed by atoms with E-state index in [0.29, 0.717) is 0 Å². The highest BCUT2D eigenvalue weighted by molar-refractivity contribution is 5.32. The van der Waals surface area contributed by atoms with E-state index in [1.807, 2.05) is 0 Å². The lowest BCUT2D eigenvalue weighted by Crippen LogP contribution is -2.07. The summed E-state index contributed by atoms with van der Waals surface area (Å²) in [6.07, 6.45) is 18.5. The van der Waals surface area contributed by atoms with Gasteiger partial charge in [-0.3, -0.25) is 0 Å². The van der Waals surface area contributed by atoms with Crippen LogP contribution in [0.1, 0.15) is 46.5 Å². The maximum atomic E-state index is 2.40. The molecule has 0 aromatic carbocycles. The van der Waals surface area contributed by atoms with Crippen molar-refractivity contribution in [3.05, 3.63) is 47.6 Å². The molecule has 1 atom stereocenters. The van der Waals surface area contributed by atoms with Gasteiger partial charge in [0.1, 0.15) is 0 Å². The van der Waals surface area contributed by atoms with Gasteiger partial charge in [0, 0.05) is 0 Å². The van der Waals surface area contributed by atoms with E-state index < -0.39 is 0 Å². The van der Waals surface area contributed by atoms with E-state index in [0.717, 1.165) is 12.3 Å². The van der Waals surface area contributed by atoms with E-state index >= 15 is 0 Å². The molecule has 0 fully saturated rings. The van der Waals surface area contributed by atoms with Gasteiger partial charge >= 0.3 is 0 Å². The number of hydrogen-bond donors (Lipinski definition) is 0. The van der Waals surface area contributed by atoms with E-state index in [2.05, 4.69) is 57.2 Å². The van der Waals surface area contributed by atoms with Gasteiger partial charge in [-0.2, -0.15) is 0 Å². The lowest BCUT2D eigenvalue weighted by molar-refractivity contribution is 0.556. The molecule has 1 unspecified atom stereocenters. The predicted molar refractivity (Wildman–Crippen MR) is 73.4 cm³/mol. The number of hydrogen-bond acceptors (Lipinski definition) is 0. The van der Waals surface area contributed by atoms with Gasteiger partial charge in [-0.25, -0.2) is 0 Å². The fourth-order valence-corrected chi connectivity index (χ4v) is 2.22. The molecule has 0 bridgehead atoms. The molecule has 0 radical (unpaired) electrons. The van der Waals surface area contributed by atoms with E-state index in [1.54, 1.807) is 5.57 Å². The zero-order valence-corrected chi connectivity index (χ0v) is 10.9.